The Hall–Kier alpha value is -7.41. The molecule has 9 amide bonds. The number of primary amides is 1. The molecule has 2 aliphatic rings. The van der Waals surface area contributed by atoms with E-state index in [1.807, 2.05) is 112 Å². The van der Waals surface area contributed by atoms with Crippen LogP contribution in [-0.2, 0) is 63.9 Å². The molecule has 0 saturated carbocycles. The van der Waals surface area contributed by atoms with E-state index in [9.17, 15) is 53.1 Å². The topological polar surface area (TPSA) is 320 Å². The average molecular weight is 1360 g/mol. The maximum Gasteiger partial charge on any atom is 0.407 e. The fourth-order valence-electron chi connectivity index (χ4n) is 13.9. The summed E-state index contributed by atoms with van der Waals surface area (Å²) in [5.74, 6) is -7.74. The Morgan fingerprint density at radius 3 is 1.91 bits per heavy atom. The zero-order chi connectivity index (χ0) is 73.0. The molecule has 97 heavy (non-hydrogen) atoms. The van der Waals surface area contributed by atoms with Crippen molar-refractivity contribution in [1.29, 1.82) is 0 Å². The lowest BCUT2D eigenvalue weighted by Crippen LogP contribution is -2.58. The minimum atomic E-state index is -1.57. The number of rotatable bonds is 39. The largest absolute Gasteiger partial charge is 0.444 e. The summed E-state index contributed by atoms with van der Waals surface area (Å²) >= 11 is 0. The zero-order valence-electron chi connectivity index (χ0n) is 60.8. The molecule has 0 aliphatic carbocycles. The molecular weight excluding hydrogens is 1240 g/mol. The van der Waals surface area contributed by atoms with Crippen LogP contribution in [-0.4, -0.2) is 192 Å². The first-order valence-electron chi connectivity index (χ1n) is 34.4. The number of nitrogens with two attached hydrogens (primary N) is 1. The third-order valence-electron chi connectivity index (χ3n) is 19.1. The Morgan fingerprint density at radius 1 is 0.753 bits per heavy atom. The van der Waals surface area contributed by atoms with Crippen molar-refractivity contribution in [2.24, 2.45) is 53.1 Å². The summed E-state index contributed by atoms with van der Waals surface area (Å²) in [5.41, 5.74) is 6.40. The van der Waals surface area contributed by atoms with E-state index in [4.69, 9.17) is 19.9 Å². The summed E-state index contributed by atoms with van der Waals surface area (Å²) in [6.07, 6.45) is 1.07. The van der Waals surface area contributed by atoms with Crippen LogP contribution in [0.25, 0.3) is 0 Å². The molecule has 0 radical (unpaired) electrons. The minimum Gasteiger partial charge on any atom is -0.444 e. The van der Waals surface area contributed by atoms with Gasteiger partial charge in [-0.3, -0.25) is 48.1 Å². The van der Waals surface area contributed by atoms with E-state index >= 15 is 4.79 Å². The number of ketones is 3. The maximum absolute atomic E-state index is 15.1. The highest BCUT2D eigenvalue weighted by Crippen LogP contribution is 2.34. The van der Waals surface area contributed by atoms with Gasteiger partial charge in [0, 0.05) is 101 Å². The summed E-state index contributed by atoms with van der Waals surface area (Å²) < 4.78 is 17.7. The summed E-state index contributed by atoms with van der Waals surface area (Å²) in [4.78, 5) is 155. The van der Waals surface area contributed by atoms with Gasteiger partial charge in [-0.2, -0.15) is 0 Å². The third-order valence-corrected chi connectivity index (χ3v) is 19.1. The number of aliphatic hydroxyl groups is 1. The Labute approximate surface area is 575 Å². The number of carbonyl (C=O) groups excluding carboxylic acids is 11. The molecule has 1 saturated heterocycles. The van der Waals surface area contributed by atoms with Crippen LogP contribution in [0.3, 0.4) is 0 Å². The first-order valence-corrected chi connectivity index (χ1v) is 34.4. The number of urea groups is 1. The predicted octanol–water partition coefficient (Wildman–Crippen LogP) is 7.69. The van der Waals surface area contributed by atoms with Gasteiger partial charge in [0.25, 0.3) is 11.8 Å². The smallest absolute Gasteiger partial charge is 0.407 e. The number of hydrogen-bond donors (Lipinski definition) is 6. The highest BCUT2D eigenvalue weighted by molar-refractivity contribution is 6.15. The number of nitrogens with one attached hydrogen (secondary N) is 4. The van der Waals surface area contributed by atoms with E-state index in [1.54, 1.807) is 77.8 Å². The second-order valence-corrected chi connectivity index (χ2v) is 29.2. The summed E-state index contributed by atoms with van der Waals surface area (Å²) in [6, 6.07) is 11.3. The van der Waals surface area contributed by atoms with Crippen molar-refractivity contribution < 1.29 is 76.5 Å². The Balaban J connectivity index is 1.48. The summed E-state index contributed by atoms with van der Waals surface area (Å²) in [7, 11) is 8.78. The Morgan fingerprint density at radius 2 is 1.37 bits per heavy atom. The summed E-state index contributed by atoms with van der Waals surface area (Å²) in [5, 5.41) is 21.6. The van der Waals surface area contributed by atoms with Crippen LogP contribution in [0, 0.1) is 47.3 Å². The van der Waals surface area contributed by atoms with E-state index < -0.39 is 120 Å². The van der Waals surface area contributed by atoms with Crippen molar-refractivity contribution in [2.45, 2.75) is 208 Å². The normalized spacial score (nSPS) is 18.1. The number of ether oxygens (including phenoxy) is 3. The minimum absolute atomic E-state index is 0.0318. The highest BCUT2D eigenvalue weighted by Gasteiger charge is 2.46. The van der Waals surface area contributed by atoms with E-state index in [0.29, 0.717) is 36.5 Å². The maximum atomic E-state index is 15.1. The van der Waals surface area contributed by atoms with Crippen molar-refractivity contribution in [3.05, 3.63) is 77.9 Å². The molecule has 1 fully saturated rings. The number of benzene rings is 2. The van der Waals surface area contributed by atoms with E-state index in [1.165, 1.54) is 0 Å². The number of quaternary nitrogens is 1. The fourth-order valence-corrected chi connectivity index (χ4v) is 13.9. The second kappa shape index (κ2) is 37.5. The number of likely N-dealkylation sites (tertiary alicyclic amines) is 1. The van der Waals surface area contributed by atoms with Crippen LogP contribution < -0.4 is 27.0 Å². The SMILES string of the molecule is CC[C@H](C)[C@@H]([C@@H](CC(=O)N1CCC[C@H]1[C@H](OC)[C@@H](C)C(=O)C[C@H](C)[C@@H](O)c1ccccc1)OC)N(C)C(=O)[C@@H](CC(=O)[C@H](C(C)C)[N+](C)(C)Cc1ccc(NC(=O)[C@H](CCCNC(N)=O)CC(=O)[C@@H](NC(=O)[C@H](CNC(=O)OC(C)(C)C)N2C(=O)C=CC2=O)C(C)C)cc1)C(C)C. The van der Waals surface area contributed by atoms with Crippen LogP contribution in [0.5, 0.6) is 0 Å². The van der Waals surface area contributed by atoms with Gasteiger partial charge in [0.2, 0.25) is 23.6 Å². The first-order chi connectivity index (χ1) is 45.4. The number of carbonyl (C=O) groups is 11. The molecule has 540 valence electrons. The van der Waals surface area contributed by atoms with Gasteiger partial charge >= 0.3 is 12.1 Å². The lowest BCUT2D eigenvalue weighted by atomic mass is 9.83. The number of aliphatic hydroxyl groups excluding tert-OH is 1. The lowest BCUT2D eigenvalue weighted by Gasteiger charge is -2.42. The lowest BCUT2D eigenvalue weighted by molar-refractivity contribution is -0.922. The number of hydrogen-bond acceptors (Lipinski definition) is 15. The number of anilines is 1. The van der Waals surface area contributed by atoms with Crippen LogP contribution in [0.4, 0.5) is 15.3 Å². The number of nitrogens with zero attached hydrogens (tertiary/aromatic N) is 4. The molecule has 0 aromatic heterocycles. The average Bonchev–Trinajstić information content (AvgIpc) is 1.47. The molecule has 2 aliphatic heterocycles. The molecule has 7 N–H and O–H groups in total. The number of imide groups is 1. The van der Waals surface area contributed by atoms with E-state index in [-0.39, 0.29) is 103 Å². The van der Waals surface area contributed by atoms with Gasteiger partial charge in [-0.15, -0.1) is 0 Å². The van der Waals surface area contributed by atoms with Crippen molar-refractivity contribution in [2.75, 3.05) is 60.3 Å². The van der Waals surface area contributed by atoms with Gasteiger partial charge in [-0.1, -0.05) is 118 Å². The van der Waals surface area contributed by atoms with Gasteiger partial charge < -0.3 is 60.6 Å². The van der Waals surface area contributed by atoms with Gasteiger partial charge in [-0.25, -0.2) is 9.59 Å². The van der Waals surface area contributed by atoms with Crippen LogP contribution in [0.15, 0.2) is 66.7 Å². The van der Waals surface area contributed by atoms with Crippen LogP contribution in [0.1, 0.15) is 165 Å². The zero-order valence-corrected chi connectivity index (χ0v) is 60.8. The molecule has 24 heteroatoms. The first kappa shape index (κ1) is 82.0. The monoisotopic (exact) mass is 1360 g/mol. The molecule has 0 bridgehead atoms. The van der Waals surface area contributed by atoms with Gasteiger partial charge in [0.05, 0.1) is 63.5 Å². The highest BCUT2D eigenvalue weighted by atomic mass is 16.6. The molecule has 0 spiro atoms. The standard InChI is InChI=1S/C73H113N9O15/c1-19-46(8)64(59(95-17)40-62(88)80-36-24-28-54(80)67(96-18)48(10)56(83)37-47(9)66(89)50-25-21-20-22-26-50)79(14)70(92)53(43(2)3)39-58(85)65(45(6)7)82(15,16)42-49-29-31-52(32-30-49)77-68(90)51(27-23-35-75-71(74)93)38-57(84)63(44(4)5)78-69(91)55(81-60(86)33-34-61(81)87)41-76-72(94)97-73(11,12)13/h20-22,25-26,29-34,43-48,51,53-55,59,63-67,89H,19,23-24,27-28,35-42H2,1-18H3,(H5-,74,75,76,77,78,90,91,93,94)/p+1/t46-,47-,48-,51+,53-,54-,55-,59+,63-,64-,65-,66+,67+/m0/s1. The molecule has 4 rings (SSSR count). The quantitative estimate of drug-likeness (QED) is 0.0212. The predicted molar refractivity (Wildman–Crippen MR) is 369 cm³/mol. The Bertz CT molecular complexity index is 3020. The molecule has 24 nitrogen and oxygen atoms in total. The van der Waals surface area contributed by atoms with Crippen molar-refractivity contribution in [3.8, 4) is 0 Å². The number of Topliss-reactive ketones (excluding diaryl/α,β-unsaturated/α-hetero) is 3. The molecule has 2 heterocycles. The summed E-state index contributed by atoms with van der Waals surface area (Å²) in [6.45, 7) is 24.3. The second-order valence-electron chi connectivity index (χ2n) is 29.2. The molecular formula is C73H114N9O15+. The molecule has 13 atom stereocenters. The Kier molecular flexibility index (Phi) is 31.7. The van der Waals surface area contributed by atoms with E-state index in [0.717, 1.165) is 29.7 Å². The van der Waals surface area contributed by atoms with Crippen molar-refractivity contribution in [3.63, 3.8) is 0 Å². The number of amides is 9. The number of methoxy groups -OCH3 is 2. The fraction of sp³-hybridized carbons (Fsp3) is 0.658. The number of likely N-dealkylation sites (N-methyl/N-ethyl adjacent to an activating group) is 2. The van der Waals surface area contributed by atoms with Crippen LogP contribution in [0.2, 0.25) is 0 Å². The molecule has 2 aromatic rings. The van der Waals surface area contributed by atoms with Crippen LogP contribution >= 0.6 is 0 Å². The molecule has 0 unspecified atom stereocenters. The van der Waals surface area contributed by atoms with Gasteiger partial charge in [0.1, 0.15) is 24.0 Å². The molecule has 2 aromatic carbocycles. The van der Waals surface area contributed by atoms with E-state index in [2.05, 4.69) is 21.3 Å². The van der Waals surface area contributed by atoms with Crippen molar-refractivity contribution >= 4 is 70.6 Å². The van der Waals surface area contributed by atoms with Gasteiger partial charge in [-0.05, 0) is 87.8 Å². The number of alkyl carbamates (subject to hydrolysis) is 1. The van der Waals surface area contributed by atoms with Crippen molar-refractivity contribution in [1.82, 2.24) is 30.7 Å². The van der Waals surface area contributed by atoms with Gasteiger partial charge in [0.15, 0.2) is 17.6 Å². The third kappa shape index (κ3) is 23.6.